The third-order valence-electron chi connectivity index (χ3n) is 3.77. The van der Waals surface area contributed by atoms with Gasteiger partial charge in [0.2, 0.25) is 10.0 Å². The van der Waals surface area contributed by atoms with Crippen molar-refractivity contribution in [2.45, 2.75) is 30.6 Å². The fraction of sp³-hybridized carbons (Fsp3) is 0.538. The minimum absolute atomic E-state index is 0.0362. The Hall–Kier alpha value is -1.18. The van der Waals surface area contributed by atoms with Crippen molar-refractivity contribution in [1.29, 1.82) is 0 Å². The molecule has 116 valence electrons. The smallest absolute Gasteiger partial charge is 0.306 e. The standard InChI is InChI=1S/C13H17ClN2O4S/c14-12-11(2-1-7-15-12)21(19,20)16-8-9-3-5-10(6-4-9)13(17)18/h1-2,7,9-10,16H,3-6,8H2,(H,17,18). The quantitative estimate of drug-likeness (QED) is 0.803. The Morgan fingerprint density at radius 1 is 1.38 bits per heavy atom. The number of carboxylic acid groups (broad SMARTS) is 1. The molecule has 0 aliphatic heterocycles. The molecule has 0 unspecified atom stereocenters. The number of rotatable bonds is 5. The van der Waals surface area contributed by atoms with Crippen LogP contribution < -0.4 is 4.72 Å². The second kappa shape index (κ2) is 6.72. The van der Waals surface area contributed by atoms with Gasteiger partial charge in [-0.15, -0.1) is 0 Å². The molecule has 1 saturated carbocycles. The van der Waals surface area contributed by atoms with Crippen molar-refractivity contribution in [2.75, 3.05) is 6.54 Å². The number of carboxylic acids is 1. The van der Waals surface area contributed by atoms with Crippen molar-refractivity contribution < 1.29 is 18.3 Å². The molecule has 2 N–H and O–H groups in total. The molecule has 0 atom stereocenters. The third kappa shape index (κ3) is 4.15. The SMILES string of the molecule is O=C(O)C1CCC(CNS(=O)(=O)c2cccnc2Cl)CC1. The molecule has 0 bridgehead atoms. The average molecular weight is 333 g/mol. The second-order valence-corrected chi connectivity index (χ2v) is 7.29. The van der Waals surface area contributed by atoms with Crippen molar-refractivity contribution in [3.05, 3.63) is 23.5 Å². The van der Waals surface area contributed by atoms with Gasteiger partial charge in [-0.2, -0.15) is 0 Å². The predicted molar refractivity (Wildman–Crippen MR) is 77.5 cm³/mol. The first-order valence-electron chi connectivity index (χ1n) is 6.73. The van der Waals surface area contributed by atoms with Crippen LogP contribution in [0.5, 0.6) is 0 Å². The van der Waals surface area contributed by atoms with Crippen LogP contribution in [0, 0.1) is 11.8 Å². The first kappa shape index (κ1) is 16.2. The number of hydrogen-bond donors (Lipinski definition) is 2. The Morgan fingerprint density at radius 2 is 2.05 bits per heavy atom. The molecule has 0 spiro atoms. The summed E-state index contributed by atoms with van der Waals surface area (Å²) >= 11 is 5.79. The Bertz CT molecular complexity index is 612. The monoisotopic (exact) mass is 332 g/mol. The highest BCUT2D eigenvalue weighted by molar-refractivity contribution is 7.89. The lowest BCUT2D eigenvalue weighted by Crippen LogP contribution is -2.32. The molecule has 0 aromatic carbocycles. The van der Waals surface area contributed by atoms with Crippen LogP contribution in [-0.2, 0) is 14.8 Å². The average Bonchev–Trinajstić information content (AvgIpc) is 2.46. The summed E-state index contributed by atoms with van der Waals surface area (Å²) in [5.74, 6) is -0.910. The van der Waals surface area contributed by atoms with E-state index in [0.717, 1.165) is 0 Å². The maximum atomic E-state index is 12.1. The Kier molecular flexibility index (Phi) is 5.18. The Balaban J connectivity index is 1.92. The molecule has 1 aliphatic rings. The molecule has 21 heavy (non-hydrogen) atoms. The van der Waals surface area contributed by atoms with E-state index in [0.29, 0.717) is 32.2 Å². The summed E-state index contributed by atoms with van der Waals surface area (Å²) < 4.78 is 26.8. The van der Waals surface area contributed by atoms with E-state index < -0.39 is 16.0 Å². The Labute approximate surface area is 128 Å². The van der Waals surface area contributed by atoms with Crippen LogP contribution in [0.15, 0.2) is 23.2 Å². The third-order valence-corrected chi connectivity index (χ3v) is 5.64. The normalized spacial score (nSPS) is 22.9. The van der Waals surface area contributed by atoms with Crippen LogP contribution >= 0.6 is 11.6 Å². The van der Waals surface area contributed by atoms with Gasteiger partial charge in [0.1, 0.15) is 10.0 Å². The number of hydrogen-bond acceptors (Lipinski definition) is 4. The molecule has 6 nitrogen and oxygen atoms in total. The number of halogens is 1. The number of nitrogens with zero attached hydrogens (tertiary/aromatic N) is 1. The van der Waals surface area contributed by atoms with Gasteiger partial charge in [-0.25, -0.2) is 18.1 Å². The van der Waals surface area contributed by atoms with Crippen LogP contribution in [0.3, 0.4) is 0 Å². The summed E-state index contributed by atoms with van der Waals surface area (Å²) in [6.07, 6.45) is 4.03. The van der Waals surface area contributed by atoms with E-state index in [4.69, 9.17) is 16.7 Å². The van der Waals surface area contributed by atoms with Crippen molar-refractivity contribution in [1.82, 2.24) is 9.71 Å². The van der Waals surface area contributed by atoms with Gasteiger partial charge in [0.05, 0.1) is 5.92 Å². The number of pyridine rings is 1. The Morgan fingerprint density at radius 3 is 2.62 bits per heavy atom. The van der Waals surface area contributed by atoms with Crippen LogP contribution in [0.2, 0.25) is 5.15 Å². The minimum Gasteiger partial charge on any atom is -0.481 e. The van der Waals surface area contributed by atoms with Gasteiger partial charge in [0.15, 0.2) is 0 Å². The first-order valence-corrected chi connectivity index (χ1v) is 8.59. The van der Waals surface area contributed by atoms with Crippen molar-refractivity contribution in [2.24, 2.45) is 11.8 Å². The largest absolute Gasteiger partial charge is 0.481 e. The van der Waals surface area contributed by atoms with Gasteiger partial charge in [0, 0.05) is 12.7 Å². The van der Waals surface area contributed by atoms with E-state index in [9.17, 15) is 13.2 Å². The number of aromatic nitrogens is 1. The zero-order valence-electron chi connectivity index (χ0n) is 11.3. The molecular formula is C13H17ClN2O4S. The fourth-order valence-corrected chi connectivity index (χ4v) is 4.06. The number of aliphatic carboxylic acids is 1. The van der Waals surface area contributed by atoms with Gasteiger partial charge in [-0.05, 0) is 43.7 Å². The van der Waals surface area contributed by atoms with Crippen LogP contribution in [0.4, 0.5) is 0 Å². The van der Waals surface area contributed by atoms with E-state index in [2.05, 4.69) is 9.71 Å². The van der Waals surface area contributed by atoms with Crippen molar-refractivity contribution >= 4 is 27.6 Å². The lowest BCUT2D eigenvalue weighted by atomic mass is 9.82. The van der Waals surface area contributed by atoms with Gasteiger partial charge in [0.25, 0.3) is 0 Å². The maximum absolute atomic E-state index is 12.1. The van der Waals surface area contributed by atoms with E-state index >= 15 is 0 Å². The highest BCUT2D eigenvalue weighted by Gasteiger charge is 2.27. The van der Waals surface area contributed by atoms with E-state index in [1.165, 1.54) is 18.3 Å². The molecule has 1 heterocycles. The first-order chi connectivity index (χ1) is 9.90. The van der Waals surface area contributed by atoms with Crippen LogP contribution in [0.1, 0.15) is 25.7 Å². The number of sulfonamides is 1. The fourth-order valence-electron chi connectivity index (χ4n) is 2.49. The highest BCUT2D eigenvalue weighted by atomic mass is 35.5. The molecule has 2 rings (SSSR count). The van der Waals surface area contributed by atoms with Crippen molar-refractivity contribution in [3.63, 3.8) is 0 Å². The van der Waals surface area contributed by atoms with Crippen molar-refractivity contribution in [3.8, 4) is 0 Å². The zero-order valence-corrected chi connectivity index (χ0v) is 12.9. The van der Waals surface area contributed by atoms with Crippen LogP contribution in [-0.4, -0.2) is 31.0 Å². The van der Waals surface area contributed by atoms with Gasteiger partial charge in [-0.3, -0.25) is 4.79 Å². The minimum atomic E-state index is -3.68. The number of carbonyl (C=O) groups is 1. The van der Waals surface area contributed by atoms with E-state index in [1.807, 2.05) is 0 Å². The zero-order chi connectivity index (χ0) is 15.5. The lowest BCUT2D eigenvalue weighted by Gasteiger charge is -2.26. The molecule has 1 aromatic rings. The summed E-state index contributed by atoms with van der Waals surface area (Å²) in [6.45, 7) is 0.292. The molecule has 0 amide bonds. The summed E-state index contributed by atoms with van der Waals surface area (Å²) in [5, 5.41) is 8.87. The summed E-state index contributed by atoms with van der Waals surface area (Å²) in [5.41, 5.74) is 0. The maximum Gasteiger partial charge on any atom is 0.306 e. The summed E-state index contributed by atoms with van der Waals surface area (Å²) in [7, 11) is -3.68. The molecular weight excluding hydrogens is 316 g/mol. The van der Waals surface area contributed by atoms with E-state index in [-0.39, 0.29) is 21.9 Å². The highest BCUT2D eigenvalue weighted by Crippen LogP contribution is 2.29. The van der Waals surface area contributed by atoms with Gasteiger partial charge in [-0.1, -0.05) is 11.6 Å². The second-order valence-electron chi connectivity index (χ2n) is 5.20. The predicted octanol–water partition coefficient (Wildman–Crippen LogP) is 1.90. The van der Waals surface area contributed by atoms with Gasteiger partial charge < -0.3 is 5.11 Å². The number of nitrogens with one attached hydrogen (secondary N) is 1. The molecule has 0 radical (unpaired) electrons. The lowest BCUT2D eigenvalue weighted by molar-refractivity contribution is -0.143. The molecule has 1 aliphatic carbocycles. The van der Waals surface area contributed by atoms with E-state index in [1.54, 1.807) is 0 Å². The van der Waals surface area contributed by atoms with Crippen LogP contribution in [0.25, 0.3) is 0 Å². The topological polar surface area (TPSA) is 96.4 Å². The summed E-state index contributed by atoms with van der Waals surface area (Å²) in [4.78, 5) is 14.6. The molecule has 0 saturated heterocycles. The summed E-state index contributed by atoms with van der Waals surface area (Å²) in [6, 6.07) is 2.91. The molecule has 1 fully saturated rings. The molecule has 1 aromatic heterocycles. The van der Waals surface area contributed by atoms with Gasteiger partial charge >= 0.3 is 5.97 Å². The molecule has 8 heteroatoms.